The highest BCUT2D eigenvalue weighted by Crippen LogP contribution is 2.12. The smallest absolute Gasteiger partial charge is 0.203 e. The Hall–Kier alpha value is -0.900. The minimum Gasteiger partial charge on any atom is -0.247 e. The van der Waals surface area contributed by atoms with Crippen molar-refractivity contribution in [2.45, 2.75) is 0 Å². The predicted molar refractivity (Wildman–Crippen MR) is 45.0 cm³/mol. The van der Waals surface area contributed by atoms with Crippen molar-refractivity contribution in [1.82, 2.24) is 10.1 Å². The summed E-state index contributed by atoms with van der Waals surface area (Å²) in [5, 5.41) is 4.28. The van der Waals surface area contributed by atoms with Gasteiger partial charge in [-0.3, -0.25) is 0 Å². The molecule has 4 heteroatoms. The average Bonchev–Trinajstić information content (AvgIpc) is 2.27. The molecule has 0 amide bonds. The molecule has 0 aliphatic rings. The molecule has 0 fully saturated rings. The summed E-state index contributed by atoms with van der Waals surface area (Å²) < 4.78 is 2.77. The number of hydrogen-bond acceptors (Lipinski definition) is 1. The van der Waals surface area contributed by atoms with Crippen molar-refractivity contribution >= 4 is 26.8 Å². The molecule has 0 aliphatic carbocycles. The van der Waals surface area contributed by atoms with E-state index in [0.29, 0.717) is 0 Å². The Morgan fingerprint density at radius 2 is 2.45 bits per heavy atom. The molecule has 1 N–H and O–H groups in total. The molecule has 0 unspecified atom stereocenters. The van der Waals surface area contributed by atoms with Crippen LogP contribution in [0.2, 0.25) is 0 Å². The van der Waals surface area contributed by atoms with Crippen molar-refractivity contribution in [1.29, 1.82) is 0 Å². The lowest BCUT2D eigenvalue weighted by Gasteiger charge is -1.84. The van der Waals surface area contributed by atoms with Crippen molar-refractivity contribution in [2.75, 3.05) is 0 Å². The Labute approximate surface area is 72.2 Å². The lowest BCUT2D eigenvalue weighted by molar-refractivity contribution is -0.724. The van der Waals surface area contributed by atoms with E-state index in [2.05, 4.69) is 26.0 Å². The number of nitrogens with one attached hydrogen (secondary N) is 1. The fraction of sp³-hybridized carbons (Fsp3) is 0.143. The van der Waals surface area contributed by atoms with Crippen LogP contribution < -0.4 is 4.68 Å². The summed E-state index contributed by atoms with van der Waals surface area (Å²) in [5.41, 5.74) is 1.05. The van der Waals surface area contributed by atoms with E-state index in [-0.39, 0.29) is 0 Å². The number of aromatic amines is 1. The minimum absolute atomic E-state index is 0.865. The Morgan fingerprint density at radius 1 is 1.64 bits per heavy atom. The van der Waals surface area contributed by atoms with Crippen LogP contribution in [0.3, 0.4) is 0 Å². The molecule has 11 heavy (non-hydrogen) atoms. The van der Waals surface area contributed by atoms with E-state index in [0.717, 1.165) is 15.5 Å². The van der Waals surface area contributed by atoms with E-state index >= 15 is 0 Å². The summed E-state index contributed by atoms with van der Waals surface area (Å²) in [6.45, 7) is 0. The Bertz CT molecular complexity index is 393. The van der Waals surface area contributed by atoms with Gasteiger partial charge in [-0.05, 0) is 22.0 Å². The second-order valence-electron chi connectivity index (χ2n) is 2.45. The lowest BCUT2D eigenvalue weighted by Crippen LogP contribution is -2.27. The highest BCUT2D eigenvalue weighted by Gasteiger charge is 2.02. The molecule has 0 atom stereocenters. The summed E-state index contributed by atoms with van der Waals surface area (Å²) in [7, 11) is 1.95. The van der Waals surface area contributed by atoms with Crippen molar-refractivity contribution in [3.8, 4) is 0 Å². The molecule has 0 spiro atoms. The monoisotopic (exact) mass is 212 g/mol. The van der Waals surface area contributed by atoms with Gasteiger partial charge in [0.15, 0.2) is 7.05 Å². The zero-order valence-corrected chi connectivity index (χ0v) is 7.59. The van der Waals surface area contributed by atoms with E-state index in [1.54, 1.807) is 6.20 Å². The molecular weight excluding hydrogens is 206 g/mol. The Kier molecular flexibility index (Phi) is 1.42. The first-order chi connectivity index (χ1) is 5.25. The second-order valence-corrected chi connectivity index (χ2v) is 3.26. The number of fused-ring (bicyclic) bond motifs is 1. The van der Waals surface area contributed by atoms with Gasteiger partial charge in [-0.2, -0.15) is 5.10 Å². The van der Waals surface area contributed by atoms with E-state index in [1.165, 1.54) is 0 Å². The summed E-state index contributed by atoms with van der Waals surface area (Å²) in [4.78, 5) is 4.09. The number of hydrogen-bond donors (Lipinski definition) is 1. The van der Waals surface area contributed by atoms with Crippen LogP contribution in [0.4, 0.5) is 0 Å². The molecule has 56 valence electrons. The third-order valence-corrected chi connectivity index (χ3v) is 1.97. The minimum atomic E-state index is 0.865. The molecule has 0 aliphatic heterocycles. The van der Waals surface area contributed by atoms with Gasteiger partial charge in [0.2, 0.25) is 6.20 Å². The van der Waals surface area contributed by atoms with Gasteiger partial charge in [0, 0.05) is 0 Å². The topological polar surface area (TPSA) is 32.6 Å². The molecule has 0 saturated heterocycles. The van der Waals surface area contributed by atoms with Gasteiger partial charge in [0.1, 0.15) is 10.1 Å². The van der Waals surface area contributed by atoms with Crippen LogP contribution in [0.1, 0.15) is 0 Å². The quantitative estimate of drug-likeness (QED) is 0.516. The fourth-order valence-corrected chi connectivity index (χ4v) is 1.42. The van der Waals surface area contributed by atoms with Crippen LogP contribution >= 0.6 is 15.9 Å². The number of pyridine rings is 1. The lowest BCUT2D eigenvalue weighted by atomic mass is 10.3. The zero-order chi connectivity index (χ0) is 7.84. The maximum Gasteiger partial charge on any atom is 0.203 e. The standard InChI is InChI=1S/C7H6BrN3/c1-11-4-5-2-7(8)9-3-6(5)10-11/h2-4H,1H3/p+1. The van der Waals surface area contributed by atoms with Crippen molar-refractivity contribution in [3.05, 3.63) is 23.1 Å². The first kappa shape index (κ1) is 6.79. The number of aromatic nitrogens is 3. The SMILES string of the molecule is C[n+]1cc2cc(Br)ncc2[nH]1. The number of rotatable bonds is 0. The molecule has 2 heterocycles. The molecule has 0 radical (unpaired) electrons. The summed E-state index contributed by atoms with van der Waals surface area (Å²) in [5.74, 6) is 0. The summed E-state index contributed by atoms with van der Waals surface area (Å²) in [6, 6.07) is 1.98. The summed E-state index contributed by atoms with van der Waals surface area (Å²) >= 11 is 3.31. The largest absolute Gasteiger partial charge is 0.247 e. The Balaban J connectivity index is 2.82. The molecule has 2 aromatic rings. The van der Waals surface area contributed by atoms with Crippen LogP contribution in [0, 0.1) is 0 Å². The van der Waals surface area contributed by atoms with E-state index in [4.69, 9.17) is 0 Å². The van der Waals surface area contributed by atoms with Crippen LogP contribution in [0.5, 0.6) is 0 Å². The van der Waals surface area contributed by atoms with E-state index < -0.39 is 0 Å². The summed E-state index contributed by atoms with van der Waals surface area (Å²) in [6.07, 6.45) is 3.82. The molecule has 3 nitrogen and oxygen atoms in total. The van der Waals surface area contributed by atoms with Gasteiger partial charge in [-0.15, -0.1) is 4.68 Å². The van der Waals surface area contributed by atoms with Crippen LogP contribution in [-0.4, -0.2) is 10.1 Å². The van der Waals surface area contributed by atoms with E-state index in [1.807, 2.05) is 24.0 Å². The number of halogens is 1. The molecule has 2 rings (SSSR count). The average molecular weight is 213 g/mol. The maximum absolute atomic E-state index is 4.09. The third kappa shape index (κ3) is 1.14. The molecule has 0 saturated carbocycles. The fourth-order valence-electron chi connectivity index (χ4n) is 1.08. The molecule has 0 aromatic carbocycles. The number of H-pyrrole nitrogens is 1. The van der Waals surface area contributed by atoms with Gasteiger partial charge >= 0.3 is 0 Å². The van der Waals surface area contributed by atoms with Crippen LogP contribution in [0.15, 0.2) is 23.1 Å². The first-order valence-corrected chi connectivity index (χ1v) is 4.05. The highest BCUT2D eigenvalue weighted by atomic mass is 79.9. The van der Waals surface area contributed by atoms with Crippen LogP contribution in [0.25, 0.3) is 10.9 Å². The maximum atomic E-state index is 4.09. The van der Waals surface area contributed by atoms with Crippen molar-refractivity contribution < 1.29 is 4.68 Å². The van der Waals surface area contributed by atoms with Gasteiger partial charge in [0.25, 0.3) is 0 Å². The number of aryl methyl sites for hydroxylation is 1. The van der Waals surface area contributed by atoms with Gasteiger partial charge in [-0.1, -0.05) is 0 Å². The highest BCUT2D eigenvalue weighted by molar-refractivity contribution is 9.10. The van der Waals surface area contributed by atoms with Crippen molar-refractivity contribution in [2.24, 2.45) is 7.05 Å². The molecule has 0 bridgehead atoms. The van der Waals surface area contributed by atoms with Crippen LogP contribution in [-0.2, 0) is 7.05 Å². The van der Waals surface area contributed by atoms with Gasteiger partial charge in [-0.25, -0.2) is 4.98 Å². The van der Waals surface area contributed by atoms with Crippen molar-refractivity contribution in [3.63, 3.8) is 0 Å². The normalized spacial score (nSPS) is 10.7. The zero-order valence-electron chi connectivity index (χ0n) is 6.00. The van der Waals surface area contributed by atoms with E-state index in [9.17, 15) is 0 Å². The molecular formula is C7H7BrN3+. The van der Waals surface area contributed by atoms with Gasteiger partial charge in [0.05, 0.1) is 11.6 Å². The third-order valence-electron chi connectivity index (χ3n) is 1.53. The predicted octanol–water partition coefficient (Wildman–Crippen LogP) is 1.15. The van der Waals surface area contributed by atoms with Gasteiger partial charge < -0.3 is 0 Å². The Morgan fingerprint density at radius 3 is 3.27 bits per heavy atom. The molecule has 2 aromatic heterocycles. The first-order valence-electron chi connectivity index (χ1n) is 3.25. The second kappa shape index (κ2) is 2.30. The number of nitrogens with zero attached hydrogens (tertiary/aromatic N) is 2.